The first kappa shape index (κ1) is 18.9. The number of rotatable bonds is 4. The van der Waals surface area contributed by atoms with E-state index in [0.717, 1.165) is 29.6 Å². The van der Waals surface area contributed by atoms with Crippen molar-refractivity contribution in [1.29, 1.82) is 0 Å². The number of likely N-dealkylation sites (tertiary alicyclic amines) is 1. The fourth-order valence-corrected chi connectivity index (χ4v) is 9.39. The zero-order valence-corrected chi connectivity index (χ0v) is 19.0. The highest BCUT2D eigenvalue weighted by molar-refractivity contribution is 5.29. The van der Waals surface area contributed by atoms with E-state index >= 15 is 0 Å². The van der Waals surface area contributed by atoms with Crippen molar-refractivity contribution in [2.75, 3.05) is 19.6 Å². The van der Waals surface area contributed by atoms with Gasteiger partial charge in [0.05, 0.1) is 0 Å². The molecule has 1 heterocycles. The van der Waals surface area contributed by atoms with Crippen LogP contribution in [0.25, 0.3) is 0 Å². The lowest BCUT2D eigenvalue weighted by molar-refractivity contribution is -0.0684. The molecule has 0 aromatic heterocycles. The lowest BCUT2D eigenvalue weighted by Gasteiger charge is -2.61. The molecule has 0 amide bonds. The molecule has 5 aliphatic carbocycles. The summed E-state index contributed by atoms with van der Waals surface area (Å²) in [5.74, 6) is 4.99. The van der Waals surface area contributed by atoms with Gasteiger partial charge < -0.3 is 4.90 Å². The number of benzene rings is 1. The highest BCUT2D eigenvalue weighted by Crippen LogP contribution is 2.64. The van der Waals surface area contributed by atoms with Gasteiger partial charge in [-0.2, -0.15) is 0 Å². The second-order valence-electron chi connectivity index (χ2n) is 12.8. The highest BCUT2D eigenvalue weighted by atomic mass is 15.2. The van der Waals surface area contributed by atoms with Crippen LogP contribution in [-0.4, -0.2) is 24.5 Å². The van der Waals surface area contributed by atoms with Crippen molar-refractivity contribution in [3.8, 4) is 0 Å². The minimum absolute atomic E-state index is 0.538. The van der Waals surface area contributed by atoms with Gasteiger partial charge in [0.25, 0.3) is 0 Å². The van der Waals surface area contributed by atoms with Gasteiger partial charge >= 0.3 is 0 Å². The van der Waals surface area contributed by atoms with E-state index in [1.165, 1.54) is 58.2 Å². The van der Waals surface area contributed by atoms with Gasteiger partial charge in [0.2, 0.25) is 0 Å². The Labute approximate surface area is 178 Å². The van der Waals surface area contributed by atoms with Crippen molar-refractivity contribution < 1.29 is 0 Å². The second kappa shape index (κ2) is 6.35. The lowest BCUT2D eigenvalue weighted by Crippen LogP contribution is -2.55. The van der Waals surface area contributed by atoms with Crippen LogP contribution < -0.4 is 0 Å². The van der Waals surface area contributed by atoms with Gasteiger partial charge in [-0.1, -0.05) is 51.1 Å². The zero-order valence-electron chi connectivity index (χ0n) is 19.0. The van der Waals surface area contributed by atoms with Gasteiger partial charge in [-0.25, -0.2) is 0 Å². The summed E-state index contributed by atoms with van der Waals surface area (Å²) in [7, 11) is 0. The van der Waals surface area contributed by atoms with Crippen molar-refractivity contribution >= 4 is 0 Å². The van der Waals surface area contributed by atoms with E-state index < -0.39 is 0 Å². The molecular formula is C28H41N. The van der Waals surface area contributed by atoms with Crippen LogP contribution in [0, 0.1) is 40.4 Å². The average Bonchev–Trinajstić information content (AvgIpc) is 2.82. The van der Waals surface area contributed by atoms with Crippen molar-refractivity contribution in [1.82, 2.24) is 4.90 Å². The maximum atomic E-state index is 2.89. The molecule has 1 aromatic carbocycles. The Morgan fingerprint density at radius 3 is 2.38 bits per heavy atom. The van der Waals surface area contributed by atoms with Gasteiger partial charge in [0.15, 0.2) is 0 Å². The third-order valence-electron chi connectivity index (χ3n) is 11.3. The molecule has 0 spiro atoms. The van der Waals surface area contributed by atoms with Crippen molar-refractivity contribution in [3.05, 3.63) is 35.9 Å². The van der Waals surface area contributed by atoms with E-state index in [2.05, 4.69) is 56.0 Å². The number of fused-ring (bicyclic) bond motifs is 2. The van der Waals surface area contributed by atoms with Gasteiger partial charge in [0.1, 0.15) is 0 Å². The summed E-state index contributed by atoms with van der Waals surface area (Å²) in [5, 5.41) is 0. The van der Waals surface area contributed by atoms with E-state index in [1.54, 1.807) is 18.4 Å². The molecule has 1 nitrogen and oxygen atoms in total. The predicted octanol–water partition coefficient (Wildman–Crippen LogP) is 6.53. The second-order valence-corrected chi connectivity index (χ2v) is 12.8. The minimum Gasteiger partial charge on any atom is -0.302 e. The molecule has 6 fully saturated rings. The van der Waals surface area contributed by atoms with Crippen LogP contribution in [-0.2, 0) is 5.41 Å². The summed E-state index contributed by atoms with van der Waals surface area (Å²) in [6.45, 7) is 11.8. The average molecular weight is 392 g/mol. The summed E-state index contributed by atoms with van der Waals surface area (Å²) < 4.78 is 0. The molecule has 2 unspecified atom stereocenters. The first-order valence-electron chi connectivity index (χ1n) is 12.7. The normalized spacial score (nSPS) is 47.6. The van der Waals surface area contributed by atoms with Crippen LogP contribution in [0.4, 0.5) is 0 Å². The van der Waals surface area contributed by atoms with Crippen LogP contribution in [0.3, 0.4) is 0 Å². The summed E-state index contributed by atoms with van der Waals surface area (Å²) in [6.07, 6.45) is 12.0. The molecule has 158 valence electrons. The molecule has 1 saturated heterocycles. The first-order valence-corrected chi connectivity index (χ1v) is 12.7. The summed E-state index contributed by atoms with van der Waals surface area (Å²) in [4.78, 5) is 2.89. The Kier molecular flexibility index (Phi) is 4.14. The zero-order chi connectivity index (χ0) is 19.9. The van der Waals surface area contributed by atoms with E-state index in [-0.39, 0.29) is 0 Å². The van der Waals surface area contributed by atoms with E-state index in [9.17, 15) is 0 Å². The lowest BCUT2D eigenvalue weighted by atomic mass is 9.44. The molecule has 1 aromatic rings. The number of piperidine rings is 1. The summed E-state index contributed by atoms with van der Waals surface area (Å²) >= 11 is 0. The van der Waals surface area contributed by atoms with E-state index in [1.807, 2.05) is 0 Å². The molecule has 4 atom stereocenters. The molecule has 7 rings (SSSR count). The third-order valence-corrected chi connectivity index (χ3v) is 11.3. The van der Waals surface area contributed by atoms with Crippen LogP contribution in [0.5, 0.6) is 0 Å². The molecule has 1 aliphatic heterocycles. The smallest absolute Gasteiger partial charge is 0.00407 e. The van der Waals surface area contributed by atoms with Crippen LogP contribution in [0.1, 0.15) is 77.7 Å². The Bertz CT molecular complexity index is 750. The van der Waals surface area contributed by atoms with Crippen LogP contribution in [0.2, 0.25) is 0 Å². The molecule has 0 N–H and O–H groups in total. The summed E-state index contributed by atoms with van der Waals surface area (Å²) in [6, 6.07) is 11.6. The quantitative estimate of drug-likeness (QED) is 0.564. The van der Waals surface area contributed by atoms with Crippen molar-refractivity contribution in [2.45, 2.75) is 77.6 Å². The largest absolute Gasteiger partial charge is 0.302 e. The Hall–Kier alpha value is -0.820. The van der Waals surface area contributed by atoms with Gasteiger partial charge in [-0.05, 0) is 109 Å². The predicted molar refractivity (Wildman–Crippen MR) is 121 cm³/mol. The van der Waals surface area contributed by atoms with E-state index in [4.69, 9.17) is 0 Å². The SMILES string of the molecule is CC1(C)[C@H]2CC[C@@]1(C)CN(CCC1C3CC4CC1CC(c1ccccc1)(C4)C3)C2. The molecule has 6 bridgehead atoms. The standard InChI is InChI=1S/C28H41N/c1-26(2)24-9-11-27(26,3)19-29(18-24)12-10-25-21-13-20-14-22(25)17-28(15-20,16-21)23-7-5-4-6-8-23/h4-8,20-22,24-25H,9-19H2,1-3H3/t20?,21?,22?,24-,25?,27-,28?/m0/s1. The Morgan fingerprint density at radius 1 is 0.966 bits per heavy atom. The first-order chi connectivity index (χ1) is 13.9. The van der Waals surface area contributed by atoms with Gasteiger partial charge in [-0.3, -0.25) is 0 Å². The number of hydrogen-bond acceptors (Lipinski definition) is 1. The minimum atomic E-state index is 0.538. The maximum absolute atomic E-state index is 2.89. The molecule has 1 heteroatoms. The van der Waals surface area contributed by atoms with E-state index in [0.29, 0.717) is 16.2 Å². The van der Waals surface area contributed by atoms with Crippen molar-refractivity contribution in [3.63, 3.8) is 0 Å². The fraction of sp³-hybridized carbons (Fsp3) is 0.786. The maximum Gasteiger partial charge on any atom is 0.00407 e. The van der Waals surface area contributed by atoms with Gasteiger partial charge in [0, 0.05) is 13.1 Å². The Balaban J connectivity index is 1.15. The molecule has 6 aliphatic rings. The molecule has 5 saturated carbocycles. The van der Waals surface area contributed by atoms with Crippen molar-refractivity contribution in [2.24, 2.45) is 40.4 Å². The molecule has 0 radical (unpaired) electrons. The highest BCUT2D eigenvalue weighted by Gasteiger charge is 2.57. The fourth-order valence-electron chi connectivity index (χ4n) is 9.39. The number of hydrogen-bond donors (Lipinski definition) is 0. The monoisotopic (exact) mass is 391 g/mol. The van der Waals surface area contributed by atoms with Gasteiger partial charge in [-0.15, -0.1) is 0 Å². The topological polar surface area (TPSA) is 3.24 Å². The number of nitrogens with zero attached hydrogens (tertiary/aromatic N) is 1. The third kappa shape index (κ3) is 2.75. The van der Waals surface area contributed by atoms with Crippen LogP contribution >= 0.6 is 0 Å². The Morgan fingerprint density at radius 2 is 1.69 bits per heavy atom. The summed E-state index contributed by atoms with van der Waals surface area (Å²) in [5.41, 5.74) is 3.31. The molecular weight excluding hydrogens is 350 g/mol. The molecule has 29 heavy (non-hydrogen) atoms. The van der Waals surface area contributed by atoms with Crippen LogP contribution in [0.15, 0.2) is 30.3 Å².